The van der Waals surface area contributed by atoms with Crippen molar-refractivity contribution < 1.29 is 18.7 Å². The summed E-state index contributed by atoms with van der Waals surface area (Å²) in [5.41, 5.74) is -0.176. The minimum absolute atomic E-state index is 0.0111. The lowest BCUT2D eigenvalue weighted by molar-refractivity contribution is 0.0219. The van der Waals surface area contributed by atoms with Crippen LogP contribution < -0.4 is 5.32 Å². The van der Waals surface area contributed by atoms with E-state index in [0.717, 1.165) is 21.3 Å². The quantitative estimate of drug-likeness (QED) is 0.817. The minimum atomic E-state index is -1.12. The number of alkyl halides is 1. The summed E-state index contributed by atoms with van der Waals surface area (Å²) in [5.74, 6) is -0.301. The van der Waals surface area contributed by atoms with Crippen LogP contribution in [0.15, 0.2) is 12.4 Å². The van der Waals surface area contributed by atoms with Crippen molar-refractivity contribution in [3.63, 3.8) is 0 Å². The maximum Gasteiger partial charge on any atom is 0.410 e. The molecular weight excluding hydrogens is 391 g/mol. The Hall–Kier alpha value is -2.07. The zero-order valence-corrected chi connectivity index (χ0v) is 17.1. The van der Waals surface area contributed by atoms with E-state index in [-0.39, 0.29) is 18.9 Å². The predicted octanol–water partition coefficient (Wildman–Crippen LogP) is 4.18. The number of rotatable bonds is 3. The van der Waals surface area contributed by atoms with Crippen molar-refractivity contribution in [2.24, 2.45) is 0 Å². The van der Waals surface area contributed by atoms with E-state index in [2.05, 4.69) is 14.7 Å². The topological polar surface area (TPSA) is 84.4 Å². The van der Waals surface area contributed by atoms with Gasteiger partial charge in [-0.05, 0) is 33.8 Å². The fraction of sp³-hybridized carbons (Fsp3) is 0.529. The summed E-state index contributed by atoms with van der Waals surface area (Å²) in [6.45, 7) is 7.13. The Bertz CT molecular complexity index is 832. The van der Waals surface area contributed by atoms with Gasteiger partial charge in [0.1, 0.15) is 18.1 Å². The number of nitrogens with one attached hydrogen (secondary N) is 1. The number of anilines is 1. The average molecular weight is 413 g/mol. The molecule has 146 valence electrons. The van der Waals surface area contributed by atoms with Gasteiger partial charge >= 0.3 is 6.09 Å². The molecule has 7 nitrogen and oxygen atoms in total. The highest BCUT2D eigenvalue weighted by molar-refractivity contribution is 7.12. The van der Waals surface area contributed by atoms with Gasteiger partial charge in [-0.15, -0.1) is 11.3 Å². The Morgan fingerprint density at radius 3 is 2.78 bits per heavy atom. The molecule has 1 saturated heterocycles. The Morgan fingerprint density at radius 1 is 1.41 bits per heavy atom. The summed E-state index contributed by atoms with van der Waals surface area (Å²) < 4.78 is 23.3. The summed E-state index contributed by atoms with van der Waals surface area (Å²) in [7, 11) is 0. The van der Waals surface area contributed by atoms with Crippen LogP contribution >= 0.6 is 22.9 Å². The monoisotopic (exact) mass is 412 g/mol. The number of likely N-dealkylation sites (tertiary alicyclic amines) is 1. The van der Waals surface area contributed by atoms with E-state index in [1.165, 1.54) is 22.6 Å². The predicted molar refractivity (Wildman–Crippen MR) is 102 cm³/mol. The van der Waals surface area contributed by atoms with Crippen LogP contribution in [0.4, 0.5) is 14.3 Å². The number of nitrogens with zero attached hydrogens (tertiary/aromatic N) is 3. The van der Waals surface area contributed by atoms with Gasteiger partial charge in [-0.2, -0.15) is 4.37 Å². The molecule has 2 atom stereocenters. The molecular formula is C17H21FN4O3S2. The molecule has 0 bridgehead atoms. The Kier molecular flexibility index (Phi) is 5.48. The van der Waals surface area contributed by atoms with Gasteiger partial charge in [0.15, 0.2) is 0 Å². The molecule has 3 heterocycles. The summed E-state index contributed by atoms with van der Waals surface area (Å²) in [6, 6.07) is 1.28. The summed E-state index contributed by atoms with van der Waals surface area (Å²) in [6.07, 6.45) is -0.108. The molecule has 0 aliphatic carbocycles. The van der Waals surface area contributed by atoms with E-state index in [4.69, 9.17) is 4.74 Å². The van der Waals surface area contributed by atoms with Gasteiger partial charge in [-0.1, -0.05) is 0 Å². The number of hydrogen-bond acceptors (Lipinski definition) is 7. The lowest BCUT2D eigenvalue weighted by Crippen LogP contribution is -2.36. The summed E-state index contributed by atoms with van der Waals surface area (Å²) in [4.78, 5) is 31.9. The molecule has 0 aromatic carbocycles. The minimum Gasteiger partial charge on any atom is -0.444 e. The second-order valence-electron chi connectivity index (χ2n) is 7.30. The molecule has 1 aliphatic heterocycles. The number of carbonyl (C=O) groups excluding carboxylic acids is 2. The lowest BCUT2D eigenvalue weighted by Gasteiger charge is -2.27. The Morgan fingerprint density at radius 2 is 2.15 bits per heavy atom. The molecule has 2 amide bonds. The zero-order chi connectivity index (χ0) is 19.8. The van der Waals surface area contributed by atoms with Crippen molar-refractivity contribution in [1.82, 2.24) is 14.3 Å². The van der Waals surface area contributed by atoms with Gasteiger partial charge in [0.05, 0.1) is 18.2 Å². The number of halogens is 1. The molecule has 0 radical (unpaired) electrons. The van der Waals surface area contributed by atoms with Crippen LogP contribution in [0.1, 0.15) is 53.3 Å². The standard InChI is InChI=1S/C17H21FN4O3S2/c1-9-11(14(23)21-15-19-8-20-27-15)6-13(26-9)12-5-10(18)7-22(12)16(24)25-17(2,3)4/h6,8,10,12H,5,7H2,1-4H3,(H,19,20,21,23)/t10-,12+/m1/s1. The van der Waals surface area contributed by atoms with Crippen molar-refractivity contribution in [1.29, 1.82) is 0 Å². The van der Waals surface area contributed by atoms with Crippen LogP contribution in [0.2, 0.25) is 0 Å². The number of thiophene rings is 1. The van der Waals surface area contributed by atoms with Crippen LogP contribution in [0, 0.1) is 6.92 Å². The lowest BCUT2D eigenvalue weighted by atomic mass is 10.1. The van der Waals surface area contributed by atoms with Crippen LogP contribution in [0.5, 0.6) is 0 Å². The van der Waals surface area contributed by atoms with Crippen LogP contribution in [-0.4, -0.2) is 44.6 Å². The second kappa shape index (κ2) is 7.51. The Balaban J connectivity index is 1.80. The van der Waals surface area contributed by atoms with Crippen molar-refractivity contribution in [2.75, 3.05) is 11.9 Å². The highest BCUT2D eigenvalue weighted by Gasteiger charge is 2.39. The third kappa shape index (κ3) is 4.62. The van der Waals surface area contributed by atoms with E-state index in [1.54, 1.807) is 26.8 Å². The number of hydrogen-bond donors (Lipinski definition) is 1. The fourth-order valence-corrected chi connectivity index (χ4v) is 4.44. The van der Waals surface area contributed by atoms with E-state index < -0.39 is 23.9 Å². The third-order valence-corrected chi connectivity index (χ3v) is 5.70. The van der Waals surface area contributed by atoms with Crippen molar-refractivity contribution in [3.8, 4) is 0 Å². The summed E-state index contributed by atoms with van der Waals surface area (Å²) >= 11 is 2.47. The highest BCUT2D eigenvalue weighted by Crippen LogP contribution is 2.39. The molecule has 0 unspecified atom stereocenters. The Labute approximate surface area is 164 Å². The third-order valence-electron chi connectivity index (χ3n) is 3.97. The first kappa shape index (κ1) is 19.7. The molecule has 2 aromatic rings. The zero-order valence-electron chi connectivity index (χ0n) is 15.5. The van der Waals surface area contributed by atoms with E-state index in [1.807, 2.05) is 6.92 Å². The largest absolute Gasteiger partial charge is 0.444 e. The first-order valence-electron chi connectivity index (χ1n) is 8.46. The maximum atomic E-state index is 14.1. The molecule has 1 N–H and O–H groups in total. The van der Waals surface area contributed by atoms with Gasteiger partial charge in [0, 0.05) is 27.7 Å². The highest BCUT2D eigenvalue weighted by atomic mass is 32.1. The SMILES string of the molecule is Cc1sc([C@@H]2C[C@@H](F)CN2C(=O)OC(C)(C)C)cc1C(=O)Nc1ncns1. The second-order valence-corrected chi connectivity index (χ2v) is 9.37. The molecule has 3 rings (SSSR count). The number of aryl methyl sites for hydroxylation is 1. The van der Waals surface area contributed by atoms with Crippen LogP contribution in [0.25, 0.3) is 0 Å². The van der Waals surface area contributed by atoms with E-state index >= 15 is 0 Å². The maximum absolute atomic E-state index is 14.1. The van der Waals surface area contributed by atoms with Gasteiger partial charge in [0.2, 0.25) is 5.13 Å². The van der Waals surface area contributed by atoms with E-state index in [0.29, 0.717) is 10.7 Å². The first-order valence-corrected chi connectivity index (χ1v) is 10.0. The van der Waals surface area contributed by atoms with Crippen molar-refractivity contribution in [3.05, 3.63) is 27.7 Å². The van der Waals surface area contributed by atoms with E-state index in [9.17, 15) is 14.0 Å². The van der Waals surface area contributed by atoms with Gasteiger partial charge in [-0.25, -0.2) is 14.2 Å². The van der Waals surface area contributed by atoms with Crippen LogP contribution in [-0.2, 0) is 4.74 Å². The number of ether oxygens (including phenoxy) is 1. The molecule has 1 fully saturated rings. The van der Waals surface area contributed by atoms with Gasteiger partial charge in [0.25, 0.3) is 5.91 Å². The molecule has 0 spiro atoms. The first-order chi connectivity index (χ1) is 12.6. The molecule has 1 aliphatic rings. The van der Waals surface area contributed by atoms with Crippen LogP contribution in [0.3, 0.4) is 0 Å². The van der Waals surface area contributed by atoms with Gasteiger partial charge in [-0.3, -0.25) is 15.0 Å². The molecule has 2 aromatic heterocycles. The fourth-order valence-electron chi connectivity index (χ4n) is 2.86. The van der Waals surface area contributed by atoms with Gasteiger partial charge < -0.3 is 4.74 Å². The molecule has 27 heavy (non-hydrogen) atoms. The average Bonchev–Trinajstić information content (AvgIpc) is 3.25. The number of carbonyl (C=O) groups is 2. The summed E-state index contributed by atoms with van der Waals surface area (Å²) in [5, 5.41) is 3.10. The number of aromatic nitrogens is 2. The normalized spacial score (nSPS) is 20.0. The smallest absolute Gasteiger partial charge is 0.410 e. The molecule has 0 saturated carbocycles. The number of amides is 2. The van der Waals surface area contributed by atoms with Crippen molar-refractivity contribution in [2.45, 2.75) is 51.9 Å². The van der Waals surface area contributed by atoms with Crippen molar-refractivity contribution >= 4 is 40.0 Å². The molecule has 10 heteroatoms.